The number of fused-ring (bicyclic) bond motifs is 3. The summed E-state index contributed by atoms with van der Waals surface area (Å²) in [6, 6.07) is 13.4. The molecule has 2 heterocycles. The van der Waals surface area contributed by atoms with Crippen molar-refractivity contribution in [3.05, 3.63) is 57.0 Å². The molecule has 34 heavy (non-hydrogen) atoms. The van der Waals surface area contributed by atoms with Gasteiger partial charge in [-0.3, -0.25) is 14.3 Å². The number of hydrogen-bond acceptors (Lipinski definition) is 4. The highest BCUT2D eigenvalue weighted by molar-refractivity contribution is 9.10. The van der Waals surface area contributed by atoms with E-state index in [1.165, 1.54) is 12.8 Å². The molecule has 1 aliphatic carbocycles. The number of halogens is 2. The Bertz CT molecular complexity index is 1320. The van der Waals surface area contributed by atoms with Crippen LogP contribution in [0.1, 0.15) is 50.4 Å². The van der Waals surface area contributed by atoms with Crippen LogP contribution in [0.15, 0.2) is 61.6 Å². The molecule has 2 atom stereocenters. The van der Waals surface area contributed by atoms with Crippen molar-refractivity contribution in [1.82, 2.24) is 9.47 Å². The average molecular weight is 588 g/mol. The fourth-order valence-electron chi connectivity index (χ4n) is 6.25. The highest BCUT2D eigenvalue weighted by atomic mass is 79.9. The van der Waals surface area contributed by atoms with Crippen molar-refractivity contribution in [3.8, 4) is 5.88 Å². The molecule has 2 fully saturated rings. The van der Waals surface area contributed by atoms with E-state index in [-0.39, 0.29) is 5.88 Å². The Balaban J connectivity index is 1.50. The standard InChI is InChI=1S/C26H28Br2N4O2/c1-25(2)11-17-12-26(3,13-25)14-31(17)15-32-21-9-8-16(27)10-19(21)22(24(32)34)29-30-23(33)18-6-4-5-7-20(18)28/h4-10,17,34H,11-15H2,1-3H3/t17-,26-/m0/s1. The predicted octanol–water partition coefficient (Wildman–Crippen LogP) is 7.65. The molecule has 8 heteroatoms. The second-order valence-electron chi connectivity index (χ2n) is 10.8. The number of carbonyl (C=O) groups excluding carboxylic acids is 1. The van der Waals surface area contributed by atoms with Gasteiger partial charge in [0.25, 0.3) is 5.91 Å². The summed E-state index contributed by atoms with van der Waals surface area (Å²) >= 11 is 6.91. The van der Waals surface area contributed by atoms with Gasteiger partial charge in [-0.15, -0.1) is 10.2 Å². The second-order valence-corrected chi connectivity index (χ2v) is 12.6. The Morgan fingerprint density at radius 2 is 1.91 bits per heavy atom. The summed E-state index contributed by atoms with van der Waals surface area (Å²) in [5, 5.41) is 20.2. The molecule has 5 rings (SSSR count). The molecule has 1 saturated heterocycles. The zero-order valence-electron chi connectivity index (χ0n) is 19.6. The van der Waals surface area contributed by atoms with Crippen molar-refractivity contribution in [3.63, 3.8) is 0 Å². The molecular formula is C26H28Br2N4O2. The third-order valence-corrected chi connectivity index (χ3v) is 8.35. The first kappa shape index (κ1) is 23.7. The van der Waals surface area contributed by atoms with Gasteiger partial charge in [-0.2, -0.15) is 0 Å². The van der Waals surface area contributed by atoms with Gasteiger partial charge in [-0.05, 0) is 76.4 Å². The van der Waals surface area contributed by atoms with E-state index in [0.29, 0.717) is 39.3 Å². The molecule has 0 radical (unpaired) electrons. The van der Waals surface area contributed by atoms with Gasteiger partial charge in [-0.1, -0.05) is 48.8 Å². The van der Waals surface area contributed by atoms with Gasteiger partial charge in [0.1, 0.15) is 0 Å². The van der Waals surface area contributed by atoms with E-state index in [0.717, 1.165) is 28.3 Å². The lowest BCUT2D eigenvalue weighted by atomic mass is 9.65. The van der Waals surface area contributed by atoms with Crippen molar-refractivity contribution in [1.29, 1.82) is 0 Å². The SMILES string of the molecule is CC1(C)C[C@H]2C[C@](C)(CN2Cn2c(O)c(N=NC(=O)c3ccccc3Br)c3cc(Br)ccc32)C1. The molecule has 1 saturated carbocycles. The summed E-state index contributed by atoms with van der Waals surface area (Å²) in [5.41, 5.74) is 2.23. The van der Waals surface area contributed by atoms with E-state index in [9.17, 15) is 9.90 Å². The minimum Gasteiger partial charge on any atom is -0.493 e. The minimum atomic E-state index is -0.466. The molecule has 0 spiro atoms. The van der Waals surface area contributed by atoms with E-state index in [1.807, 2.05) is 28.8 Å². The first-order valence-corrected chi connectivity index (χ1v) is 13.1. The van der Waals surface area contributed by atoms with Gasteiger partial charge in [0, 0.05) is 26.9 Å². The Morgan fingerprint density at radius 3 is 2.68 bits per heavy atom. The van der Waals surface area contributed by atoms with Gasteiger partial charge >= 0.3 is 0 Å². The summed E-state index contributed by atoms with van der Waals surface area (Å²) in [6.45, 7) is 8.70. The Hall–Kier alpha value is -2.03. The zero-order chi connectivity index (χ0) is 24.3. The quantitative estimate of drug-likeness (QED) is 0.319. The van der Waals surface area contributed by atoms with E-state index in [4.69, 9.17) is 0 Å². The van der Waals surface area contributed by atoms with Crippen LogP contribution in [0.3, 0.4) is 0 Å². The first-order valence-electron chi connectivity index (χ1n) is 11.5. The third kappa shape index (κ3) is 4.36. The molecule has 2 bridgehead atoms. The predicted molar refractivity (Wildman–Crippen MR) is 141 cm³/mol. The van der Waals surface area contributed by atoms with Crippen LogP contribution in [0.4, 0.5) is 5.69 Å². The van der Waals surface area contributed by atoms with E-state index >= 15 is 0 Å². The number of azo groups is 1. The van der Waals surface area contributed by atoms with Gasteiger partial charge in [0.2, 0.25) is 5.88 Å². The maximum atomic E-state index is 12.7. The highest BCUT2D eigenvalue weighted by Crippen LogP contribution is 2.53. The van der Waals surface area contributed by atoms with Gasteiger partial charge in [-0.25, -0.2) is 0 Å². The number of rotatable bonds is 4. The van der Waals surface area contributed by atoms with Crippen LogP contribution in [0.5, 0.6) is 5.88 Å². The first-order chi connectivity index (χ1) is 16.1. The minimum absolute atomic E-state index is 0.0302. The monoisotopic (exact) mass is 586 g/mol. The highest BCUT2D eigenvalue weighted by Gasteiger charge is 2.49. The summed E-state index contributed by atoms with van der Waals surface area (Å²) in [7, 11) is 0. The topological polar surface area (TPSA) is 70.2 Å². The van der Waals surface area contributed by atoms with Crippen molar-refractivity contribution >= 4 is 54.4 Å². The summed E-state index contributed by atoms with van der Waals surface area (Å²) in [4.78, 5) is 15.2. The lowest BCUT2D eigenvalue weighted by Gasteiger charge is -2.40. The lowest BCUT2D eigenvalue weighted by molar-refractivity contribution is 0.0994. The second kappa shape index (κ2) is 8.57. The molecule has 2 aliphatic rings. The van der Waals surface area contributed by atoms with Crippen LogP contribution in [0.2, 0.25) is 0 Å². The van der Waals surface area contributed by atoms with E-state index in [2.05, 4.69) is 67.8 Å². The number of hydrogen-bond donors (Lipinski definition) is 1. The van der Waals surface area contributed by atoms with Gasteiger partial charge in [0.05, 0.1) is 17.7 Å². The number of aromatic hydroxyl groups is 1. The molecule has 1 N–H and O–H groups in total. The molecule has 0 unspecified atom stereocenters. The van der Waals surface area contributed by atoms with Crippen LogP contribution >= 0.6 is 31.9 Å². The molecule has 1 aliphatic heterocycles. The van der Waals surface area contributed by atoms with Crippen LogP contribution in [-0.4, -0.2) is 33.1 Å². The Morgan fingerprint density at radius 1 is 1.15 bits per heavy atom. The molecule has 2 aromatic carbocycles. The Kier molecular flexibility index (Phi) is 5.97. The van der Waals surface area contributed by atoms with Crippen molar-refractivity contribution in [2.45, 2.75) is 52.7 Å². The van der Waals surface area contributed by atoms with Crippen molar-refractivity contribution < 1.29 is 9.90 Å². The fourth-order valence-corrected chi connectivity index (χ4v) is 7.06. The summed E-state index contributed by atoms with van der Waals surface area (Å²) in [6.07, 6.45) is 3.56. The third-order valence-electron chi connectivity index (χ3n) is 7.16. The average Bonchev–Trinajstić information content (AvgIpc) is 3.14. The smallest absolute Gasteiger partial charge is 0.296 e. The lowest BCUT2D eigenvalue weighted by Crippen LogP contribution is -2.35. The Labute approximate surface area is 216 Å². The summed E-state index contributed by atoms with van der Waals surface area (Å²) < 4.78 is 3.43. The summed E-state index contributed by atoms with van der Waals surface area (Å²) in [5.74, 6) is -0.436. The van der Waals surface area contributed by atoms with Crippen molar-refractivity contribution in [2.75, 3.05) is 6.54 Å². The van der Waals surface area contributed by atoms with Gasteiger partial charge in [0.15, 0.2) is 5.69 Å². The van der Waals surface area contributed by atoms with Crippen LogP contribution in [0.25, 0.3) is 10.9 Å². The molecule has 178 valence electrons. The number of likely N-dealkylation sites (tertiary alicyclic amines) is 1. The number of amides is 1. The molecule has 3 aromatic rings. The molecule has 1 aromatic heterocycles. The fraction of sp³-hybridized carbons (Fsp3) is 0.423. The number of benzene rings is 2. The van der Waals surface area contributed by atoms with Crippen LogP contribution in [-0.2, 0) is 6.67 Å². The van der Waals surface area contributed by atoms with Crippen LogP contribution < -0.4 is 0 Å². The maximum Gasteiger partial charge on any atom is 0.296 e. The number of carbonyl (C=O) groups is 1. The normalized spacial score (nSPS) is 24.3. The number of nitrogens with zero attached hydrogens (tertiary/aromatic N) is 4. The van der Waals surface area contributed by atoms with E-state index in [1.54, 1.807) is 18.2 Å². The molecule has 6 nitrogen and oxygen atoms in total. The zero-order valence-corrected chi connectivity index (χ0v) is 22.7. The largest absolute Gasteiger partial charge is 0.493 e. The number of aromatic nitrogens is 1. The van der Waals surface area contributed by atoms with Crippen molar-refractivity contribution in [2.24, 2.45) is 21.1 Å². The van der Waals surface area contributed by atoms with Crippen LogP contribution in [0, 0.1) is 10.8 Å². The molecular weight excluding hydrogens is 560 g/mol. The maximum absolute atomic E-state index is 12.7. The molecule has 1 amide bonds. The van der Waals surface area contributed by atoms with E-state index < -0.39 is 5.91 Å². The van der Waals surface area contributed by atoms with Gasteiger partial charge < -0.3 is 5.11 Å².